The highest BCUT2D eigenvalue weighted by Crippen LogP contribution is 2.24. The molecule has 0 aliphatic rings. The average Bonchev–Trinajstić information content (AvgIpc) is 2.12. The zero-order valence-corrected chi connectivity index (χ0v) is 9.35. The fourth-order valence-electron chi connectivity index (χ4n) is 1.08. The molecule has 14 heavy (non-hydrogen) atoms. The van der Waals surface area contributed by atoms with Crippen molar-refractivity contribution in [3.63, 3.8) is 0 Å². The Morgan fingerprint density at radius 2 is 1.86 bits per heavy atom. The van der Waals surface area contributed by atoms with Crippen molar-refractivity contribution in [2.45, 2.75) is 0 Å². The summed E-state index contributed by atoms with van der Waals surface area (Å²) in [5, 5.41) is 1.24. The van der Waals surface area contributed by atoms with E-state index < -0.39 is 0 Å². The van der Waals surface area contributed by atoms with Gasteiger partial charge in [-0.05, 0) is 18.2 Å². The Kier molecular flexibility index (Phi) is 4.48. The number of nitrogens with two attached hydrogens (primary N) is 1. The summed E-state index contributed by atoms with van der Waals surface area (Å²) in [6, 6.07) is 5.37. The average molecular weight is 235 g/mol. The van der Waals surface area contributed by atoms with Crippen molar-refractivity contribution < 1.29 is 4.84 Å². The van der Waals surface area contributed by atoms with Crippen LogP contribution >= 0.6 is 23.2 Å². The van der Waals surface area contributed by atoms with E-state index in [1.165, 1.54) is 0 Å². The molecule has 0 bridgehead atoms. The third-order valence-corrected chi connectivity index (χ3v) is 2.27. The molecule has 0 radical (unpaired) electrons. The van der Waals surface area contributed by atoms with Crippen molar-refractivity contribution >= 4 is 28.9 Å². The summed E-state index contributed by atoms with van der Waals surface area (Å²) in [6.45, 7) is 1.15. The smallest absolute Gasteiger partial charge is 0.0854 e. The van der Waals surface area contributed by atoms with Crippen LogP contribution in [0.5, 0.6) is 0 Å². The van der Waals surface area contributed by atoms with Crippen LogP contribution in [-0.2, 0) is 4.84 Å². The van der Waals surface area contributed by atoms with Gasteiger partial charge in [-0.2, -0.15) is 0 Å². The minimum absolute atomic E-state index is 0.459. The Labute approximate surface area is 93.3 Å². The van der Waals surface area contributed by atoms with Gasteiger partial charge in [-0.3, -0.25) is 0 Å². The molecular weight excluding hydrogens is 223 g/mol. The third kappa shape index (κ3) is 3.35. The molecule has 2 N–H and O–H groups in total. The van der Waals surface area contributed by atoms with E-state index in [1.54, 1.807) is 6.07 Å². The highest BCUT2D eigenvalue weighted by atomic mass is 35.5. The largest absolute Gasteiger partial charge is 0.372 e. The quantitative estimate of drug-likeness (QED) is 0.814. The molecule has 5 heteroatoms. The lowest BCUT2D eigenvalue weighted by atomic mass is 10.3. The monoisotopic (exact) mass is 234 g/mol. The van der Waals surface area contributed by atoms with Crippen molar-refractivity contribution in [2.75, 3.05) is 25.1 Å². The first-order valence-corrected chi connectivity index (χ1v) is 4.88. The van der Waals surface area contributed by atoms with Crippen molar-refractivity contribution in [2.24, 2.45) is 5.90 Å². The molecule has 0 saturated heterocycles. The molecule has 3 nitrogen and oxygen atoms in total. The van der Waals surface area contributed by atoms with Crippen molar-refractivity contribution in [3.8, 4) is 0 Å². The summed E-state index contributed by atoms with van der Waals surface area (Å²) in [6.07, 6.45) is 0. The maximum absolute atomic E-state index is 5.86. The molecule has 0 heterocycles. The first-order valence-electron chi connectivity index (χ1n) is 4.12. The lowest BCUT2D eigenvalue weighted by Crippen LogP contribution is -2.23. The summed E-state index contributed by atoms with van der Waals surface area (Å²) in [4.78, 5) is 6.45. The Hall–Kier alpha value is -0.480. The lowest BCUT2D eigenvalue weighted by Gasteiger charge is -2.18. The van der Waals surface area contributed by atoms with E-state index in [-0.39, 0.29) is 0 Å². The van der Waals surface area contributed by atoms with Crippen LogP contribution in [0.1, 0.15) is 0 Å². The van der Waals surface area contributed by atoms with Gasteiger partial charge < -0.3 is 9.74 Å². The second-order valence-corrected chi connectivity index (χ2v) is 3.79. The highest BCUT2D eigenvalue weighted by molar-refractivity contribution is 6.35. The van der Waals surface area contributed by atoms with Gasteiger partial charge in [-0.1, -0.05) is 23.2 Å². The minimum atomic E-state index is 0.459. The van der Waals surface area contributed by atoms with E-state index in [0.29, 0.717) is 23.2 Å². The second kappa shape index (κ2) is 5.41. The molecule has 1 aromatic carbocycles. The fraction of sp³-hybridized carbons (Fsp3) is 0.333. The SMILES string of the molecule is CN(CCON)c1cc(Cl)cc(Cl)c1. The summed E-state index contributed by atoms with van der Waals surface area (Å²) in [5.41, 5.74) is 0.944. The standard InChI is InChI=1S/C9H12Cl2N2O/c1-13(2-3-14-12)9-5-7(10)4-8(11)6-9/h4-6H,2-3,12H2,1H3. The van der Waals surface area contributed by atoms with Crippen molar-refractivity contribution in [1.82, 2.24) is 0 Å². The number of nitrogens with zero attached hydrogens (tertiary/aromatic N) is 1. The van der Waals surface area contributed by atoms with E-state index >= 15 is 0 Å². The number of anilines is 1. The topological polar surface area (TPSA) is 38.5 Å². The van der Waals surface area contributed by atoms with Crippen LogP contribution in [0, 0.1) is 0 Å². The molecule has 0 fully saturated rings. The van der Waals surface area contributed by atoms with Crippen LogP contribution < -0.4 is 10.8 Å². The predicted octanol–water partition coefficient (Wildman–Crippen LogP) is 2.32. The molecule has 1 rings (SSSR count). The zero-order valence-electron chi connectivity index (χ0n) is 7.84. The Morgan fingerprint density at radius 3 is 2.36 bits per heavy atom. The molecular formula is C9H12Cl2N2O. The van der Waals surface area contributed by atoms with Gasteiger partial charge >= 0.3 is 0 Å². The van der Waals surface area contributed by atoms with Crippen molar-refractivity contribution in [1.29, 1.82) is 0 Å². The molecule has 0 saturated carbocycles. The second-order valence-electron chi connectivity index (χ2n) is 2.92. The number of rotatable bonds is 4. The van der Waals surface area contributed by atoms with Crippen LogP contribution in [-0.4, -0.2) is 20.2 Å². The van der Waals surface area contributed by atoms with E-state index in [4.69, 9.17) is 29.1 Å². The predicted molar refractivity (Wildman–Crippen MR) is 59.9 cm³/mol. The maximum Gasteiger partial charge on any atom is 0.0854 e. The van der Waals surface area contributed by atoms with Crippen LogP contribution in [0.4, 0.5) is 5.69 Å². The van der Waals surface area contributed by atoms with Crippen molar-refractivity contribution in [3.05, 3.63) is 28.2 Å². The van der Waals surface area contributed by atoms with Crippen LogP contribution in [0.15, 0.2) is 18.2 Å². The van der Waals surface area contributed by atoms with E-state index in [0.717, 1.165) is 5.69 Å². The van der Waals surface area contributed by atoms with Gasteiger partial charge in [-0.15, -0.1) is 0 Å². The van der Waals surface area contributed by atoms with Gasteiger partial charge in [0.2, 0.25) is 0 Å². The lowest BCUT2D eigenvalue weighted by molar-refractivity contribution is 0.145. The number of benzene rings is 1. The molecule has 0 aliphatic heterocycles. The highest BCUT2D eigenvalue weighted by Gasteiger charge is 2.03. The number of halogens is 2. The van der Waals surface area contributed by atoms with Gasteiger partial charge in [0.05, 0.1) is 6.61 Å². The molecule has 0 unspecified atom stereocenters. The first kappa shape index (κ1) is 11.6. The molecule has 78 valence electrons. The van der Waals surface area contributed by atoms with Gasteiger partial charge in [0.15, 0.2) is 0 Å². The van der Waals surface area contributed by atoms with Crippen LogP contribution in [0.25, 0.3) is 0 Å². The number of hydrogen-bond donors (Lipinski definition) is 1. The molecule has 0 atom stereocenters. The molecule has 0 amide bonds. The third-order valence-electron chi connectivity index (χ3n) is 1.83. The maximum atomic E-state index is 5.86. The summed E-state index contributed by atoms with van der Waals surface area (Å²) in [7, 11) is 1.92. The summed E-state index contributed by atoms with van der Waals surface area (Å²) >= 11 is 11.7. The van der Waals surface area contributed by atoms with E-state index in [9.17, 15) is 0 Å². The Bertz CT molecular complexity index is 287. The number of hydrogen-bond acceptors (Lipinski definition) is 3. The van der Waals surface area contributed by atoms with Gasteiger partial charge in [-0.25, -0.2) is 5.90 Å². The Morgan fingerprint density at radius 1 is 1.29 bits per heavy atom. The van der Waals surface area contributed by atoms with Gasteiger partial charge in [0.25, 0.3) is 0 Å². The van der Waals surface area contributed by atoms with Crippen LogP contribution in [0.3, 0.4) is 0 Å². The molecule has 0 spiro atoms. The zero-order chi connectivity index (χ0) is 10.6. The van der Waals surface area contributed by atoms with Crippen LogP contribution in [0.2, 0.25) is 10.0 Å². The van der Waals surface area contributed by atoms with Gasteiger partial charge in [0.1, 0.15) is 0 Å². The molecule has 1 aromatic rings. The molecule has 0 aliphatic carbocycles. The normalized spacial score (nSPS) is 10.3. The first-order chi connectivity index (χ1) is 6.63. The minimum Gasteiger partial charge on any atom is -0.372 e. The summed E-state index contributed by atoms with van der Waals surface area (Å²) in [5.74, 6) is 4.94. The number of likely N-dealkylation sites (N-methyl/N-ethyl adjacent to an activating group) is 1. The van der Waals surface area contributed by atoms with E-state index in [1.807, 2.05) is 24.1 Å². The molecule has 0 aromatic heterocycles. The fourth-order valence-corrected chi connectivity index (χ4v) is 1.59. The van der Waals surface area contributed by atoms with Gasteiger partial charge in [0, 0.05) is 29.3 Å². The Balaban J connectivity index is 2.73. The van der Waals surface area contributed by atoms with E-state index in [2.05, 4.69) is 4.84 Å². The summed E-state index contributed by atoms with van der Waals surface area (Å²) < 4.78 is 0.